The Morgan fingerprint density at radius 1 is 0.293 bits per heavy atom. The highest BCUT2D eigenvalue weighted by Gasteiger charge is 2.21. The molecule has 0 bridgehead atoms. The van der Waals surface area contributed by atoms with Gasteiger partial charge in [0, 0.05) is 43.6 Å². The number of pyridine rings is 1. The number of aromatic nitrogens is 4. The van der Waals surface area contributed by atoms with Gasteiger partial charge in [-0.15, -0.1) is 0 Å². The molecule has 0 spiro atoms. The van der Waals surface area contributed by atoms with Crippen molar-refractivity contribution in [1.29, 1.82) is 0 Å². The maximum atomic E-state index is 6.50. The summed E-state index contributed by atoms with van der Waals surface area (Å²) in [6.07, 6.45) is 0. The Morgan fingerprint density at radius 2 is 0.845 bits per heavy atom. The van der Waals surface area contributed by atoms with Gasteiger partial charge in [0.25, 0.3) is 0 Å². The highest BCUT2D eigenvalue weighted by molar-refractivity contribution is 6.21. The minimum Gasteiger partial charge on any atom is -0.455 e. The molecule has 270 valence electrons. The van der Waals surface area contributed by atoms with Crippen molar-refractivity contribution in [3.63, 3.8) is 0 Å². The van der Waals surface area contributed by atoms with Crippen LogP contribution >= 0.6 is 0 Å². The summed E-state index contributed by atoms with van der Waals surface area (Å²) in [6.45, 7) is 0. The quantitative estimate of drug-likeness (QED) is 0.175. The number of rotatable bonds is 5. The van der Waals surface area contributed by atoms with E-state index >= 15 is 0 Å². The molecule has 8 aromatic carbocycles. The zero-order chi connectivity index (χ0) is 38.2. The number of fused-ring (bicyclic) bond motifs is 9. The number of benzene rings is 8. The molecule has 4 heterocycles. The molecule has 0 saturated carbocycles. The van der Waals surface area contributed by atoms with Crippen molar-refractivity contribution in [1.82, 2.24) is 19.9 Å². The molecule has 0 aliphatic carbocycles. The lowest BCUT2D eigenvalue weighted by atomic mass is 9.93. The van der Waals surface area contributed by atoms with Gasteiger partial charge in [0.2, 0.25) is 0 Å². The Bertz CT molecular complexity index is 3570. The van der Waals surface area contributed by atoms with E-state index in [0.29, 0.717) is 17.5 Å². The van der Waals surface area contributed by atoms with Gasteiger partial charge in [0.1, 0.15) is 22.4 Å². The van der Waals surface area contributed by atoms with Crippen LogP contribution in [0.3, 0.4) is 0 Å². The second-order valence-electron chi connectivity index (χ2n) is 14.5. The number of para-hydroxylation sites is 4. The molecule has 6 nitrogen and oxygen atoms in total. The summed E-state index contributed by atoms with van der Waals surface area (Å²) in [5.74, 6) is 1.74. The highest BCUT2D eigenvalue weighted by atomic mass is 16.3. The highest BCUT2D eigenvalue weighted by Crippen LogP contribution is 2.41. The second kappa shape index (κ2) is 12.8. The van der Waals surface area contributed by atoms with Gasteiger partial charge < -0.3 is 8.83 Å². The third-order valence-corrected chi connectivity index (χ3v) is 11.2. The van der Waals surface area contributed by atoms with Crippen molar-refractivity contribution in [2.45, 2.75) is 0 Å². The summed E-state index contributed by atoms with van der Waals surface area (Å²) in [6, 6.07) is 62.2. The lowest BCUT2D eigenvalue weighted by Crippen LogP contribution is -2.01. The van der Waals surface area contributed by atoms with Crippen LogP contribution < -0.4 is 0 Å². The van der Waals surface area contributed by atoms with Gasteiger partial charge in [0.05, 0.1) is 11.1 Å². The van der Waals surface area contributed by atoms with Gasteiger partial charge in [0.15, 0.2) is 23.1 Å². The van der Waals surface area contributed by atoms with E-state index in [1.54, 1.807) is 0 Å². The molecule has 12 rings (SSSR count). The Morgan fingerprint density at radius 3 is 1.64 bits per heavy atom. The lowest BCUT2D eigenvalue weighted by Gasteiger charge is -2.13. The molecule has 0 atom stereocenters. The van der Waals surface area contributed by atoms with Crippen LogP contribution in [-0.2, 0) is 0 Å². The Balaban J connectivity index is 0.998. The summed E-state index contributed by atoms with van der Waals surface area (Å²) >= 11 is 0. The molecule has 0 aliphatic heterocycles. The lowest BCUT2D eigenvalue weighted by molar-refractivity contribution is 0.668. The van der Waals surface area contributed by atoms with Crippen molar-refractivity contribution in [3.05, 3.63) is 182 Å². The SMILES string of the molecule is c1ccc(-c2nc(-c3ccc(-c4ccc(-c5nc6ccccc6c6c5oc5ccccc56)cc4)c4ccccc34)nc(-c3cccc4c3oc3ccccc34)n2)cc1. The van der Waals surface area contributed by atoms with Crippen molar-refractivity contribution >= 4 is 65.6 Å². The average molecular weight is 743 g/mol. The molecule has 0 amide bonds. The van der Waals surface area contributed by atoms with E-state index in [4.69, 9.17) is 28.8 Å². The van der Waals surface area contributed by atoms with Crippen LogP contribution in [0.4, 0.5) is 0 Å². The van der Waals surface area contributed by atoms with Crippen LogP contribution in [-0.4, -0.2) is 19.9 Å². The molecule has 12 aromatic rings. The Kier molecular flexibility index (Phi) is 7.13. The predicted octanol–water partition coefficient (Wildman–Crippen LogP) is 13.7. The molecule has 58 heavy (non-hydrogen) atoms. The van der Waals surface area contributed by atoms with Crippen LogP contribution in [0, 0.1) is 0 Å². The first kappa shape index (κ1) is 32.3. The standard InChI is InChI=1S/C52H30N4O2/c1-2-13-33(14-3-1)50-54-51(56-52(55-50)42-21-12-20-38-37-17-7-10-23-44(37)57-48(38)42)39-30-29-34(35-15-4-5-16-36(35)39)31-25-27-32(28-26-31)47-49-46(40-18-6-9-22-43(40)53-47)41-19-8-11-24-45(41)58-49/h1-30H. The molecular weight excluding hydrogens is 713 g/mol. The normalized spacial score (nSPS) is 11.8. The first-order chi connectivity index (χ1) is 28.7. The van der Waals surface area contributed by atoms with Crippen LogP contribution in [0.5, 0.6) is 0 Å². The Hall–Kier alpha value is -7.96. The van der Waals surface area contributed by atoms with Crippen LogP contribution in [0.15, 0.2) is 191 Å². The van der Waals surface area contributed by atoms with E-state index in [1.165, 1.54) is 0 Å². The first-order valence-corrected chi connectivity index (χ1v) is 19.3. The number of hydrogen-bond donors (Lipinski definition) is 0. The van der Waals surface area contributed by atoms with Crippen molar-refractivity contribution < 1.29 is 8.83 Å². The van der Waals surface area contributed by atoms with E-state index in [1.807, 2.05) is 78.9 Å². The third kappa shape index (κ3) is 5.05. The van der Waals surface area contributed by atoms with Crippen LogP contribution in [0.2, 0.25) is 0 Å². The minimum absolute atomic E-state index is 0.554. The molecule has 0 unspecified atom stereocenters. The van der Waals surface area contributed by atoms with Gasteiger partial charge in [-0.2, -0.15) is 0 Å². The zero-order valence-electron chi connectivity index (χ0n) is 30.9. The first-order valence-electron chi connectivity index (χ1n) is 19.3. The molecule has 0 saturated heterocycles. The molecule has 4 aromatic heterocycles. The summed E-state index contributed by atoms with van der Waals surface area (Å²) in [4.78, 5) is 20.5. The zero-order valence-corrected chi connectivity index (χ0v) is 30.9. The van der Waals surface area contributed by atoms with E-state index < -0.39 is 0 Å². The monoisotopic (exact) mass is 742 g/mol. The minimum atomic E-state index is 0.554. The summed E-state index contributed by atoms with van der Waals surface area (Å²) in [7, 11) is 0. The number of hydrogen-bond acceptors (Lipinski definition) is 6. The summed E-state index contributed by atoms with van der Waals surface area (Å²) < 4.78 is 12.9. The van der Waals surface area contributed by atoms with Gasteiger partial charge in [-0.3, -0.25) is 0 Å². The fourth-order valence-electron chi connectivity index (χ4n) is 8.44. The maximum Gasteiger partial charge on any atom is 0.167 e. The predicted molar refractivity (Wildman–Crippen MR) is 234 cm³/mol. The van der Waals surface area contributed by atoms with Gasteiger partial charge in [-0.25, -0.2) is 19.9 Å². The number of furan rings is 2. The Labute approximate surface area is 331 Å². The van der Waals surface area contributed by atoms with Gasteiger partial charge in [-0.1, -0.05) is 152 Å². The average Bonchev–Trinajstić information content (AvgIpc) is 3.88. The van der Waals surface area contributed by atoms with Crippen LogP contribution in [0.1, 0.15) is 0 Å². The van der Waals surface area contributed by atoms with E-state index in [9.17, 15) is 0 Å². The van der Waals surface area contributed by atoms with Gasteiger partial charge >= 0.3 is 0 Å². The molecule has 0 fully saturated rings. The van der Waals surface area contributed by atoms with Gasteiger partial charge in [-0.05, 0) is 52.2 Å². The molecule has 0 aliphatic rings. The van der Waals surface area contributed by atoms with Crippen molar-refractivity contribution in [3.8, 4) is 56.5 Å². The van der Waals surface area contributed by atoms with Crippen LogP contribution in [0.25, 0.3) is 122 Å². The molecule has 0 radical (unpaired) electrons. The van der Waals surface area contributed by atoms with Crippen molar-refractivity contribution in [2.24, 2.45) is 0 Å². The van der Waals surface area contributed by atoms with E-state index in [0.717, 1.165) is 105 Å². The fourth-order valence-corrected chi connectivity index (χ4v) is 8.44. The topological polar surface area (TPSA) is 77.8 Å². The van der Waals surface area contributed by atoms with Crippen molar-refractivity contribution in [2.75, 3.05) is 0 Å². The smallest absolute Gasteiger partial charge is 0.167 e. The molecule has 6 heteroatoms. The second-order valence-corrected chi connectivity index (χ2v) is 14.5. The summed E-state index contributed by atoms with van der Waals surface area (Å²) in [5.41, 5.74) is 10.8. The largest absolute Gasteiger partial charge is 0.455 e. The summed E-state index contributed by atoms with van der Waals surface area (Å²) in [5, 5.41) is 7.49. The fraction of sp³-hybridized carbons (Fsp3) is 0. The van der Waals surface area contributed by atoms with E-state index in [-0.39, 0.29) is 0 Å². The maximum absolute atomic E-state index is 6.50. The number of nitrogens with zero attached hydrogens (tertiary/aromatic N) is 4. The molecule has 0 N–H and O–H groups in total. The third-order valence-electron chi connectivity index (χ3n) is 11.2. The van der Waals surface area contributed by atoms with E-state index in [2.05, 4.69) is 103 Å². The molecular formula is C52H30N4O2.